The average molecular weight is 564 g/mol. The van der Waals surface area contributed by atoms with Gasteiger partial charge in [0.1, 0.15) is 18.2 Å². The number of nitrogens with zero attached hydrogens (tertiary/aromatic N) is 4. The summed E-state index contributed by atoms with van der Waals surface area (Å²) in [6.45, 7) is 24.3. The predicted molar refractivity (Wildman–Crippen MR) is 177 cm³/mol. The van der Waals surface area contributed by atoms with Crippen molar-refractivity contribution in [1.82, 2.24) is 20.6 Å². The predicted octanol–water partition coefficient (Wildman–Crippen LogP) is 5.68. The summed E-state index contributed by atoms with van der Waals surface area (Å²) in [5.74, 6) is 2.94. The lowest BCUT2D eigenvalue weighted by molar-refractivity contribution is 0.201. The van der Waals surface area contributed by atoms with Gasteiger partial charge in [-0.2, -0.15) is 5.10 Å². The molecule has 226 valence electrons. The lowest BCUT2D eigenvalue weighted by Crippen LogP contribution is -2.34. The molecule has 3 N–H and O–H groups in total. The molecule has 0 aliphatic carbocycles. The number of piperidine rings is 2. The lowest BCUT2D eigenvalue weighted by Gasteiger charge is -2.29. The molecule has 3 rings (SSSR count). The van der Waals surface area contributed by atoms with E-state index in [2.05, 4.69) is 64.6 Å². The van der Waals surface area contributed by atoms with E-state index in [1.165, 1.54) is 25.9 Å². The van der Waals surface area contributed by atoms with Crippen LogP contribution in [0.1, 0.15) is 57.6 Å². The molecule has 2 aliphatic heterocycles. The van der Waals surface area contributed by atoms with E-state index in [0.29, 0.717) is 18.3 Å². The van der Waals surface area contributed by atoms with Crippen LogP contribution in [0.15, 0.2) is 66.1 Å². The van der Waals surface area contributed by atoms with Crippen LogP contribution in [0, 0.1) is 11.8 Å². The summed E-state index contributed by atoms with van der Waals surface area (Å²) < 4.78 is 6.22. The van der Waals surface area contributed by atoms with E-state index in [1.807, 2.05) is 32.2 Å². The van der Waals surface area contributed by atoms with Gasteiger partial charge in [-0.15, -0.1) is 6.58 Å². The van der Waals surface area contributed by atoms with Crippen molar-refractivity contribution in [3.63, 3.8) is 0 Å². The fourth-order valence-corrected chi connectivity index (χ4v) is 5.33. The second-order valence-corrected chi connectivity index (χ2v) is 10.8. The van der Waals surface area contributed by atoms with Crippen molar-refractivity contribution in [1.29, 1.82) is 0 Å². The number of likely N-dealkylation sites (tertiary alicyclic amines) is 1. The molecule has 0 saturated carbocycles. The van der Waals surface area contributed by atoms with Gasteiger partial charge < -0.3 is 20.8 Å². The van der Waals surface area contributed by atoms with E-state index in [4.69, 9.17) is 9.73 Å². The number of aromatic nitrogens is 1. The standard InChI is InChI=1S/C24H36N6O.C9H17N/c1-7-8-23(19(4)30-18(3)20-9-12-27-13-10-20)31-16-22-21(17(2)15-29-26-6)11-14-28-24(22)25-5;1-3-6-10-7-4-5-9(2)8-10/h7-8,11,14-15,18,20,26-27H,1-2,9-10,12-13,16H2,3-6H3,(H,25,28);3,9H,1,4-8H2,2H3/b23-8+,29-15-,30-19?;. The molecule has 0 spiro atoms. The summed E-state index contributed by atoms with van der Waals surface area (Å²) in [6, 6.07) is 2.17. The molecular weight excluding hydrogens is 510 g/mol. The molecule has 8 nitrogen and oxygen atoms in total. The molecule has 0 bridgehead atoms. The van der Waals surface area contributed by atoms with Gasteiger partial charge >= 0.3 is 0 Å². The van der Waals surface area contributed by atoms with Crippen LogP contribution < -0.4 is 16.1 Å². The summed E-state index contributed by atoms with van der Waals surface area (Å²) in [7, 11) is 3.59. The van der Waals surface area contributed by atoms with Gasteiger partial charge in [-0.05, 0) is 94.3 Å². The van der Waals surface area contributed by atoms with Gasteiger partial charge in [-0.3, -0.25) is 9.89 Å². The van der Waals surface area contributed by atoms with E-state index < -0.39 is 0 Å². The summed E-state index contributed by atoms with van der Waals surface area (Å²) in [6.07, 6.45) is 14.1. The molecule has 2 aliphatic rings. The first-order chi connectivity index (χ1) is 19.8. The van der Waals surface area contributed by atoms with Crippen LogP contribution in [0.25, 0.3) is 5.57 Å². The van der Waals surface area contributed by atoms with Crippen molar-refractivity contribution in [2.45, 2.75) is 59.1 Å². The maximum atomic E-state index is 6.22. The van der Waals surface area contributed by atoms with Gasteiger partial charge in [0.05, 0.1) is 18.0 Å². The minimum absolute atomic E-state index is 0.248. The van der Waals surface area contributed by atoms with Crippen molar-refractivity contribution in [2.24, 2.45) is 21.9 Å². The maximum absolute atomic E-state index is 6.22. The molecule has 3 heterocycles. The number of hydrogen-bond acceptors (Lipinski definition) is 8. The van der Waals surface area contributed by atoms with Gasteiger partial charge in [0, 0.05) is 38.9 Å². The number of aliphatic imine (C=N–C) groups is 1. The molecule has 0 amide bonds. The first-order valence-corrected chi connectivity index (χ1v) is 14.9. The van der Waals surface area contributed by atoms with Crippen molar-refractivity contribution in [2.75, 3.05) is 52.1 Å². The Hall–Kier alpha value is -3.23. The zero-order valence-corrected chi connectivity index (χ0v) is 26.1. The normalized spacial score (nSPS) is 19.6. The minimum atomic E-state index is 0.248. The van der Waals surface area contributed by atoms with Crippen LogP contribution >= 0.6 is 0 Å². The van der Waals surface area contributed by atoms with Crippen LogP contribution in [0.5, 0.6) is 0 Å². The highest BCUT2D eigenvalue weighted by atomic mass is 16.5. The molecule has 1 aromatic heterocycles. The van der Waals surface area contributed by atoms with Crippen LogP contribution in [-0.4, -0.2) is 74.7 Å². The number of rotatable bonds is 13. The molecule has 2 unspecified atom stereocenters. The SMILES string of the molecule is C=C/C=C(/OCc1c(C(=C)/C=N\NC)ccnc1NC)C(C)=NC(C)C1CCNCC1.C=CCN1CCCC(C)C1. The number of hydrazone groups is 1. The van der Waals surface area contributed by atoms with Crippen LogP contribution in [-0.2, 0) is 11.3 Å². The van der Waals surface area contributed by atoms with E-state index >= 15 is 0 Å². The highest BCUT2D eigenvalue weighted by molar-refractivity contribution is 6.09. The maximum Gasteiger partial charge on any atom is 0.140 e. The summed E-state index contributed by atoms with van der Waals surface area (Å²) in [4.78, 5) is 11.8. The first-order valence-electron chi connectivity index (χ1n) is 14.9. The Balaban J connectivity index is 0.000000493. The minimum Gasteiger partial charge on any atom is -0.487 e. The number of pyridine rings is 1. The summed E-state index contributed by atoms with van der Waals surface area (Å²) >= 11 is 0. The molecule has 0 aromatic carbocycles. The molecule has 2 saturated heterocycles. The fraction of sp³-hybridized carbons (Fsp3) is 0.545. The molecule has 1 aromatic rings. The number of ether oxygens (including phenoxy) is 1. The Labute approximate surface area is 248 Å². The van der Waals surface area contributed by atoms with Gasteiger partial charge in [0.2, 0.25) is 0 Å². The van der Waals surface area contributed by atoms with Gasteiger partial charge in [-0.25, -0.2) is 4.98 Å². The largest absolute Gasteiger partial charge is 0.487 e. The molecule has 41 heavy (non-hydrogen) atoms. The van der Waals surface area contributed by atoms with Crippen LogP contribution in [0.4, 0.5) is 5.82 Å². The third kappa shape index (κ3) is 11.7. The third-order valence-electron chi connectivity index (χ3n) is 7.58. The molecule has 0 radical (unpaired) electrons. The van der Waals surface area contributed by atoms with Crippen molar-refractivity contribution >= 4 is 23.3 Å². The van der Waals surface area contributed by atoms with Gasteiger partial charge in [0.25, 0.3) is 0 Å². The molecule has 2 atom stereocenters. The quantitative estimate of drug-likeness (QED) is 0.0941. The van der Waals surface area contributed by atoms with Gasteiger partial charge in [-0.1, -0.05) is 32.2 Å². The van der Waals surface area contributed by atoms with Crippen LogP contribution in [0.3, 0.4) is 0 Å². The van der Waals surface area contributed by atoms with Gasteiger partial charge in [0.15, 0.2) is 0 Å². The Morgan fingerprint density at radius 3 is 2.66 bits per heavy atom. The van der Waals surface area contributed by atoms with E-state index in [9.17, 15) is 0 Å². The number of hydrogen-bond donors (Lipinski definition) is 3. The monoisotopic (exact) mass is 563 g/mol. The molecule has 8 heteroatoms. The summed E-state index contributed by atoms with van der Waals surface area (Å²) in [5, 5.41) is 10.6. The topological polar surface area (TPSA) is 86.2 Å². The molecule has 2 fully saturated rings. The first kappa shape index (κ1) is 34.0. The number of allylic oxidation sites excluding steroid dienone is 4. The van der Waals surface area contributed by atoms with Crippen molar-refractivity contribution in [3.8, 4) is 0 Å². The van der Waals surface area contributed by atoms with Crippen molar-refractivity contribution in [3.05, 3.63) is 67.1 Å². The Bertz CT molecular complexity index is 1060. The Morgan fingerprint density at radius 2 is 2.02 bits per heavy atom. The zero-order valence-electron chi connectivity index (χ0n) is 26.1. The number of nitrogens with one attached hydrogen (secondary N) is 3. The van der Waals surface area contributed by atoms with E-state index in [1.54, 1.807) is 25.5 Å². The lowest BCUT2D eigenvalue weighted by atomic mass is 9.91. The molecular formula is C33H53N7O. The zero-order chi connectivity index (χ0) is 30.0. The third-order valence-corrected chi connectivity index (χ3v) is 7.58. The van der Waals surface area contributed by atoms with Crippen LogP contribution in [0.2, 0.25) is 0 Å². The Morgan fingerprint density at radius 1 is 1.27 bits per heavy atom. The highest BCUT2D eigenvalue weighted by Gasteiger charge is 2.20. The number of anilines is 1. The Kier molecular flexibility index (Phi) is 15.7. The fourth-order valence-electron chi connectivity index (χ4n) is 5.33. The average Bonchev–Trinajstić information content (AvgIpc) is 2.98. The van der Waals surface area contributed by atoms with E-state index in [0.717, 1.165) is 66.6 Å². The van der Waals surface area contributed by atoms with E-state index in [-0.39, 0.29) is 6.04 Å². The highest BCUT2D eigenvalue weighted by Crippen LogP contribution is 2.25. The smallest absolute Gasteiger partial charge is 0.140 e. The second kappa shape index (κ2) is 19.0. The van der Waals surface area contributed by atoms with Crippen molar-refractivity contribution < 1.29 is 4.74 Å². The summed E-state index contributed by atoms with van der Waals surface area (Å²) in [5.41, 5.74) is 6.23. The second-order valence-electron chi connectivity index (χ2n) is 10.8.